The molecule has 1 fully saturated rings. The quantitative estimate of drug-likeness (QED) is 0.669. The van der Waals surface area contributed by atoms with Crippen LogP contribution >= 0.6 is 0 Å². The van der Waals surface area contributed by atoms with Gasteiger partial charge in [-0.3, -0.25) is 0 Å². The topological polar surface area (TPSA) is 70.4 Å². The summed E-state index contributed by atoms with van der Waals surface area (Å²) in [6, 6.07) is 6.07. The summed E-state index contributed by atoms with van der Waals surface area (Å²) in [4.78, 5) is 14.3. The van der Waals surface area contributed by atoms with Crippen LogP contribution in [-0.4, -0.2) is 36.6 Å². The maximum absolute atomic E-state index is 12.3. The molecule has 0 bridgehead atoms. The van der Waals surface area contributed by atoms with Crippen molar-refractivity contribution in [2.75, 3.05) is 30.7 Å². The molecular formula is C14H20N4O. The highest BCUT2D eigenvalue weighted by Gasteiger charge is 2.27. The molecule has 1 aromatic carbocycles. The number of nitrogens with zero attached hydrogens (tertiary/aromatic N) is 1. The van der Waals surface area contributed by atoms with E-state index in [9.17, 15) is 4.79 Å². The Labute approximate surface area is 113 Å². The summed E-state index contributed by atoms with van der Waals surface area (Å²) >= 11 is 0. The van der Waals surface area contributed by atoms with Crippen LogP contribution in [0.2, 0.25) is 0 Å². The molecule has 0 saturated carbocycles. The van der Waals surface area contributed by atoms with Crippen molar-refractivity contribution in [1.82, 2.24) is 10.2 Å². The van der Waals surface area contributed by atoms with Crippen molar-refractivity contribution in [2.24, 2.45) is 0 Å². The van der Waals surface area contributed by atoms with Crippen molar-refractivity contribution in [2.45, 2.75) is 25.3 Å². The number of anilines is 2. The molecule has 2 aliphatic rings. The van der Waals surface area contributed by atoms with Crippen LogP contribution in [0.3, 0.4) is 0 Å². The molecule has 0 unspecified atom stereocenters. The van der Waals surface area contributed by atoms with Crippen LogP contribution in [0, 0.1) is 0 Å². The smallest absolute Gasteiger partial charge is 0.322 e. The Bertz CT molecular complexity index is 482. The van der Waals surface area contributed by atoms with E-state index in [0.29, 0.717) is 6.04 Å². The molecule has 0 spiro atoms. The van der Waals surface area contributed by atoms with Gasteiger partial charge in [0.1, 0.15) is 0 Å². The molecule has 5 heteroatoms. The zero-order valence-electron chi connectivity index (χ0n) is 11.0. The van der Waals surface area contributed by atoms with Crippen molar-refractivity contribution >= 4 is 17.4 Å². The van der Waals surface area contributed by atoms with Gasteiger partial charge in [0.15, 0.2) is 0 Å². The van der Waals surface area contributed by atoms with Crippen molar-refractivity contribution in [3.05, 3.63) is 23.8 Å². The average molecular weight is 260 g/mol. The fourth-order valence-corrected chi connectivity index (χ4v) is 2.94. The first-order valence-electron chi connectivity index (χ1n) is 6.91. The monoisotopic (exact) mass is 260 g/mol. The fourth-order valence-electron chi connectivity index (χ4n) is 2.94. The van der Waals surface area contributed by atoms with Crippen LogP contribution in [0.4, 0.5) is 16.2 Å². The normalized spacial score (nSPS) is 20.6. The van der Waals surface area contributed by atoms with Gasteiger partial charge >= 0.3 is 6.03 Å². The largest absolute Gasteiger partial charge is 0.399 e. The minimum Gasteiger partial charge on any atom is -0.399 e. The van der Waals surface area contributed by atoms with Crippen LogP contribution in [0.25, 0.3) is 0 Å². The highest BCUT2D eigenvalue weighted by atomic mass is 16.2. The number of hydrogen-bond acceptors (Lipinski definition) is 3. The lowest BCUT2D eigenvalue weighted by Gasteiger charge is -2.33. The molecule has 4 N–H and O–H groups in total. The number of piperidine rings is 1. The first-order chi connectivity index (χ1) is 9.24. The molecule has 19 heavy (non-hydrogen) atoms. The third-order valence-electron chi connectivity index (χ3n) is 4.00. The highest BCUT2D eigenvalue weighted by Crippen LogP contribution is 2.25. The van der Waals surface area contributed by atoms with E-state index in [1.165, 1.54) is 0 Å². The van der Waals surface area contributed by atoms with Crippen molar-refractivity contribution in [3.8, 4) is 0 Å². The second kappa shape index (κ2) is 5.09. The summed E-state index contributed by atoms with van der Waals surface area (Å²) in [5.74, 6) is 0. The molecule has 102 valence electrons. The lowest BCUT2D eigenvalue weighted by atomic mass is 10.0. The van der Waals surface area contributed by atoms with Crippen LogP contribution < -0.4 is 16.4 Å². The lowest BCUT2D eigenvalue weighted by Crippen LogP contribution is -2.47. The van der Waals surface area contributed by atoms with E-state index in [4.69, 9.17) is 5.73 Å². The van der Waals surface area contributed by atoms with Gasteiger partial charge in [-0.05, 0) is 56.1 Å². The first-order valence-corrected chi connectivity index (χ1v) is 6.91. The van der Waals surface area contributed by atoms with Gasteiger partial charge in [-0.25, -0.2) is 4.79 Å². The number of amides is 2. The summed E-state index contributed by atoms with van der Waals surface area (Å²) in [5, 5.41) is 6.34. The first kappa shape index (κ1) is 12.3. The van der Waals surface area contributed by atoms with E-state index < -0.39 is 0 Å². The van der Waals surface area contributed by atoms with E-state index in [2.05, 4.69) is 10.6 Å². The number of fused-ring (bicyclic) bond motifs is 1. The van der Waals surface area contributed by atoms with Crippen LogP contribution in [0.15, 0.2) is 18.2 Å². The standard InChI is InChI=1S/C14H20N4O/c15-11-1-2-13-10(9-11)5-8-18(14(19)17-13)12-3-6-16-7-4-12/h1-2,9,12,16H,3-8,15H2,(H,17,19). The van der Waals surface area contributed by atoms with Gasteiger partial charge < -0.3 is 21.3 Å². The van der Waals surface area contributed by atoms with Gasteiger partial charge in [0.25, 0.3) is 0 Å². The second-order valence-electron chi connectivity index (χ2n) is 5.27. The Kier molecular flexibility index (Phi) is 3.29. The molecule has 0 aliphatic carbocycles. The number of carbonyl (C=O) groups is 1. The summed E-state index contributed by atoms with van der Waals surface area (Å²) < 4.78 is 0. The predicted molar refractivity (Wildman–Crippen MR) is 76.2 cm³/mol. The number of nitrogens with two attached hydrogens (primary N) is 1. The number of rotatable bonds is 1. The Hall–Kier alpha value is -1.75. The van der Waals surface area contributed by atoms with Crippen molar-refractivity contribution in [1.29, 1.82) is 0 Å². The van der Waals surface area contributed by atoms with E-state index in [-0.39, 0.29) is 6.03 Å². The van der Waals surface area contributed by atoms with Gasteiger partial charge in [-0.15, -0.1) is 0 Å². The number of urea groups is 1. The summed E-state index contributed by atoms with van der Waals surface area (Å²) in [7, 11) is 0. The Morgan fingerprint density at radius 3 is 2.84 bits per heavy atom. The molecule has 3 rings (SSSR count). The van der Waals surface area contributed by atoms with Crippen LogP contribution in [0.5, 0.6) is 0 Å². The maximum Gasteiger partial charge on any atom is 0.322 e. The van der Waals surface area contributed by atoms with Gasteiger partial charge in [-0.1, -0.05) is 0 Å². The number of benzene rings is 1. The SMILES string of the molecule is Nc1ccc2c(c1)CCN(C1CCNCC1)C(=O)N2. The molecule has 2 heterocycles. The predicted octanol–water partition coefficient (Wildman–Crippen LogP) is 1.41. The lowest BCUT2D eigenvalue weighted by molar-refractivity contribution is 0.173. The van der Waals surface area contributed by atoms with Crippen LogP contribution in [0.1, 0.15) is 18.4 Å². The fraction of sp³-hybridized carbons (Fsp3) is 0.500. The van der Waals surface area contributed by atoms with Gasteiger partial charge in [0, 0.05) is 24.0 Å². The Balaban J connectivity index is 1.79. The zero-order valence-corrected chi connectivity index (χ0v) is 11.0. The number of nitrogens with one attached hydrogen (secondary N) is 2. The minimum atomic E-state index is 0.0235. The second-order valence-corrected chi connectivity index (χ2v) is 5.27. The van der Waals surface area contributed by atoms with Crippen LogP contribution in [-0.2, 0) is 6.42 Å². The van der Waals surface area contributed by atoms with E-state index in [1.54, 1.807) is 0 Å². The highest BCUT2D eigenvalue weighted by molar-refractivity contribution is 5.91. The maximum atomic E-state index is 12.3. The molecule has 1 aromatic rings. The molecular weight excluding hydrogens is 240 g/mol. The Morgan fingerprint density at radius 1 is 1.26 bits per heavy atom. The molecule has 0 aromatic heterocycles. The van der Waals surface area contributed by atoms with Crippen molar-refractivity contribution < 1.29 is 4.79 Å². The van der Waals surface area contributed by atoms with Gasteiger partial charge in [0.05, 0.1) is 0 Å². The summed E-state index contributed by atoms with van der Waals surface area (Å²) in [6.07, 6.45) is 2.93. The number of carbonyl (C=O) groups excluding carboxylic acids is 1. The van der Waals surface area contributed by atoms with Gasteiger partial charge in [0.2, 0.25) is 0 Å². The number of nitrogen functional groups attached to an aromatic ring is 1. The van der Waals surface area contributed by atoms with E-state index in [0.717, 1.165) is 55.8 Å². The zero-order chi connectivity index (χ0) is 13.2. The number of hydrogen-bond donors (Lipinski definition) is 3. The van der Waals surface area contributed by atoms with E-state index >= 15 is 0 Å². The molecule has 2 amide bonds. The third-order valence-corrected chi connectivity index (χ3v) is 4.00. The molecule has 2 aliphatic heterocycles. The van der Waals surface area contributed by atoms with Gasteiger partial charge in [-0.2, -0.15) is 0 Å². The summed E-state index contributed by atoms with van der Waals surface area (Å²) in [6.45, 7) is 2.76. The molecule has 0 radical (unpaired) electrons. The van der Waals surface area contributed by atoms with E-state index in [1.807, 2.05) is 23.1 Å². The van der Waals surface area contributed by atoms with Crippen molar-refractivity contribution in [3.63, 3.8) is 0 Å². The molecule has 1 saturated heterocycles. The third kappa shape index (κ3) is 2.51. The minimum absolute atomic E-state index is 0.0235. The molecule has 0 atom stereocenters. The molecule has 5 nitrogen and oxygen atoms in total. The Morgan fingerprint density at radius 2 is 2.05 bits per heavy atom. The summed E-state index contributed by atoms with van der Waals surface area (Å²) in [5.41, 5.74) is 8.59. The average Bonchev–Trinajstić information content (AvgIpc) is 2.58.